The Morgan fingerprint density at radius 3 is 2.57 bits per heavy atom. The third-order valence-electron chi connectivity index (χ3n) is 3.47. The third kappa shape index (κ3) is 2.29. The summed E-state index contributed by atoms with van der Waals surface area (Å²) in [5.41, 5.74) is 1.43. The summed E-state index contributed by atoms with van der Waals surface area (Å²) in [5, 5.41) is 3.77. The molecule has 1 atom stereocenters. The first-order valence-electron chi connectivity index (χ1n) is 6.70. The predicted molar refractivity (Wildman–Crippen MR) is 75.6 cm³/mol. The van der Waals surface area contributed by atoms with Crippen molar-refractivity contribution in [3.63, 3.8) is 0 Å². The molecule has 6 nitrogen and oxygen atoms in total. The largest absolute Gasteiger partial charge is 0.359 e. The van der Waals surface area contributed by atoms with Gasteiger partial charge >= 0.3 is 6.03 Å². The molecule has 0 radical (unpaired) electrons. The number of rotatable bonds is 3. The zero-order valence-electron chi connectivity index (χ0n) is 11.8. The normalized spacial score (nSPS) is 18.7. The second-order valence-electron chi connectivity index (χ2n) is 5.02. The van der Waals surface area contributed by atoms with Crippen LogP contribution in [0.2, 0.25) is 0 Å². The van der Waals surface area contributed by atoms with Crippen LogP contribution >= 0.6 is 0 Å². The standard InChI is InChI=1S/C15H15N3O3/c1-10-8-13(21-16-10)9-17-14(19)11(2)18(15(17)20)12-6-4-3-5-7-12/h3-8,11H,9H2,1-2H3. The number of anilines is 1. The first-order valence-corrected chi connectivity index (χ1v) is 6.70. The number of amides is 3. The minimum atomic E-state index is -0.524. The molecule has 6 heteroatoms. The molecule has 108 valence electrons. The van der Waals surface area contributed by atoms with Gasteiger partial charge in [-0.05, 0) is 26.0 Å². The van der Waals surface area contributed by atoms with E-state index in [2.05, 4.69) is 5.16 Å². The molecule has 3 amide bonds. The molecule has 1 aromatic carbocycles. The van der Waals surface area contributed by atoms with Gasteiger partial charge in [0.15, 0.2) is 5.76 Å². The molecule has 3 rings (SSSR count). The van der Waals surface area contributed by atoms with E-state index >= 15 is 0 Å². The molecule has 0 bridgehead atoms. The van der Waals surface area contributed by atoms with Crippen molar-refractivity contribution in [2.24, 2.45) is 0 Å². The lowest BCUT2D eigenvalue weighted by atomic mass is 10.2. The minimum Gasteiger partial charge on any atom is -0.359 e. The number of benzene rings is 1. The van der Waals surface area contributed by atoms with Gasteiger partial charge < -0.3 is 4.52 Å². The highest BCUT2D eigenvalue weighted by atomic mass is 16.5. The van der Waals surface area contributed by atoms with Gasteiger partial charge in [-0.15, -0.1) is 0 Å². The van der Waals surface area contributed by atoms with Crippen LogP contribution in [0.3, 0.4) is 0 Å². The Bertz CT molecular complexity index is 680. The van der Waals surface area contributed by atoms with Gasteiger partial charge in [-0.2, -0.15) is 0 Å². The molecule has 1 aromatic heterocycles. The monoisotopic (exact) mass is 285 g/mol. The van der Waals surface area contributed by atoms with Crippen LogP contribution in [0.15, 0.2) is 40.9 Å². The molecule has 1 unspecified atom stereocenters. The Balaban J connectivity index is 1.87. The van der Waals surface area contributed by atoms with Crippen LogP contribution in [0.1, 0.15) is 18.4 Å². The van der Waals surface area contributed by atoms with Crippen LogP contribution in [0, 0.1) is 6.92 Å². The van der Waals surface area contributed by atoms with Gasteiger partial charge in [-0.3, -0.25) is 14.6 Å². The number of hydrogen-bond donors (Lipinski definition) is 0. The number of nitrogens with zero attached hydrogens (tertiary/aromatic N) is 3. The highest BCUT2D eigenvalue weighted by Gasteiger charge is 2.43. The summed E-state index contributed by atoms with van der Waals surface area (Å²) in [5.74, 6) is 0.259. The molecule has 0 aliphatic carbocycles. The number of para-hydroxylation sites is 1. The van der Waals surface area contributed by atoms with Gasteiger partial charge in [0.05, 0.1) is 12.2 Å². The van der Waals surface area contributed by atoms with Gasteiger partial charge in [0.1, 0.15) is 6.04 Å². The second kappa shape index (κ2) is 5.05. The van der Waals surface area contributed by atoms with Gasteiger partial charge in [0, 0.05) is 11.8 Å². The summed E-state index contributed by atoms with van der Waals surface area (Å²) in [4.78, 5) is 27.5. The van der Waals surface area contributed by atoms with Gasteiger partial charge in [-0.1, -0.05) is 23.4 Å². The van der Waals surface area contributed by atoms with Crippen molar-refractivity contribution in [3.8, 4) is 0 Å². The molecule has 2 heterocycles. The van der Waals surface area contributed by atoms with Crippen LogP contribution in [0.25, 0.3) is 0 Å². The molecule has 1 aliphatic heterocycles. The summed E-state index contributed by atoms with van der Waals surface area (Å²) in [6, 6.07) is 10.0. The lowest BCUT2D eigenvalue weighted by molar-refractivity contribution is -0.127. The average molecular weight is 285 g/mol. The molecule has 21 heavy (non-hydrogen) atoms. The van der Waals surface area contributed by atoms with E-state index in [0.717, 1.165) is 5.69 Å². The molecule has 1 aliphatic rings. The van der Waals surface area contributed by atoms with Gasteiger partial charge in [0.25, 0.3) is 5.91 Å². The summed E-state index contributed by atoms with van der Waals surface area (Å²) < 4.78 is 5.08. The minimum absolute atomic E-state index is 0.103. The zero-order chi connectivity index (χ0) is 15.0. The molecule has 0 spiro atoms. The van der Waals surface area contributed by atoms with E-state index in [1.165, 1.54) is 9.80 Å². The Morgan fingerprint density at radius 2 is 1.95 bits per heavy atom. The van der Waals surface area contributed by atoms with Crippen molar-refractivity contribution in [2.45, 2.75) is 26.4 Å². The van der Waals surface area contributed by atoms with Crippen LogP contribution in [-0.4, -0.2) is 28.0 Å². The summed E-state index contributed by atoms with van der Waals surface area (Å²) in [6.07, 6.45) is 0. The Labute approximate surface area is 121 Å². The van der Waals surface area contributed by atoms with Crippen molar-refractivity contribution >= 4 is 17.6 Å². The maximum absolute atomic E-state index is 12.5. The number of aryl methyl sites for hydroxylation is 1. The quantitative estimate of drug-likeness (QED) is 0.812. The first kappa shape index (κ1) is 13.4. The van der Waals surface area contributed by atoms with Crippen molar-refractivity contribution < 1.29 is 14.1 Å². The summed E-state index contributed by atoms with van der Waals surface area (Å²) >= 11 is 0. The fourth-order valence-electron chi connectivity index (χ4n) is 2.44. The molecule has 0 N–H and O–H groups in total. The maximum Gasteiger partial charge on any atom is 0.332 e. The third-order valence-corrected chi connectivity index (χ3v) is 3.47. The molecule has 1 saturated heterocycles. The van der Waals surface area contributed by atoms with Crippen molar-refractivity contribution in [1.29, 1.82) is 0 Å². The summed E-state index contributed by atoms with van der Waals surface area (Å²) in [6.45, 7) is 3.62. The van der Waals surface area contributed by atoms with E-state index < -0.39 is 6.04 Å². The first-order chi connectivity index (χ1) is 10.1. The fraction of sp³-hybridized carbons (Fsp3) is 0.267. The van der Waals surface area contributed by atoms with E-state index in [9.17, 15) is 9.59 Å². The number of imide groups is 1. The second-order valence-corrected chi connectivity index (χ2v) is 5.02. The highest BCUT2D eigenvalue weighted by molar-refractivity contribution is 6.13. The number of carbonyl (C=O) groups excluding carboxylic acids is 2. The Kier molecular flexibility index (Phi) is 3.21. The topological polar surface area (TPSA) is 66.7 Å². The van der Waals surface area contributed by atoms with E-state index in [1.807, 2.05) is 30.3 Å². The Morgan fingerprint density at radius 1 is 1.24 bits per heavy atom. The number of aromatic nitrogens is 1. The van der Waals surface area contributed by atoms with Crippen molar-refractivity contribution in [3.05, 3.63) is 47.9 Å². The number of urea groups is 1. The SMILES string of the molecule is Cc1cc(CN2C(=O)C(C)N(c3ccccc3)C2=O)on1. The van der Waals surface area contributed by atoms with Crippen molar-refractivity contribution in [2.75, 3.05) is 4.90 Å². The molecule has 0 saturated carbocycles. The van der Waals surface area contributed by atoms with Gasteiger partial charge in [0.2, 0.25) is 0 Å². The van der Waals surface area contributed by atoms with Gasteiger partial charge in [-0.25, -0.2) is 4.79 Å². The molecular formula is C15H15N3O3. The average Bonchev–Trinajstić information content (AvgIpc) is 2.98. The predicted octanol–water partition coefficient (Wildman–Crippen LogP) is 2.34. The van der Waals surface area contributed by atoms with Crippen LogP contribution in [-0.2, 0) is 11.3 Å². The van der Waals surface area contributed by atoms with E-state index in [4.69, 9.17) is 4.52 Å². The zero-order valence-corrected chi connectivity index (χ0v) is 11.8. The molecular weight excluding hydrogens is 270 g/mol. The lowest BCUT2D eigenvalue weighted by Gasteiger charge is -2.18. The maximum atomic E-state index is 12.5. The number of carbonyl (C=O) groups is 2. The van der Waals surface area contributed by atoms with Crippen molar-refractivity contribution in [1.82, 2.24) is 10.1 Å². The molecule has 1 fully saturated rings. The lowest BCUT2D eigenvalue weighted by Crippen LogP contribution is -2.33. The highest BCUT2D eigenvalue weighted by Crippen LogP contribution is 2.26. The van der Waals surface area contributed by atoms with Crippen LogP contribution in [0.5, 0.6) is 0 Å². The fourth-order valence-corrected chi connectivity index (χ4v) is 2.44. The molecule has 2 aromatic rings. The number of hydrogen-bond acceptors (Lipinski definition) is 4. The Hall–Kier alpha value is -2.63. The summed E-state index contributed by atoms with van der Waals surface area (Å²) in [7, 11) is 0. The van der Waals surface area contributed by atoms with Crippen LogP contribution < -0.4 is 4.90 Å². The van der Waals surface area contributed by atoms with E-state index in [-0.39, 0.29) is 18.5 Å². The smallest absolute Gasteiger partial charge is 0.332 e. The van der Waals surface area contributed by atoms with Crippen LogP contribution in [0.4, 0.5) is 10.5 Å². The van der Waals surface area contributed by atoms with E-state index in [1.54, 1.807) is 19.9 Å². The van der Waals surface area contributed by atoms with E-state index in [0.29, 0.717) is 11.4 Å².